The van der Waals surface area contributed by atoms with Crippen molar-refractivity contribution in [1.29, 1.82) is 0 Å². The van der Waals surface area contributed by atoms with Crippen LogP contribution in [0.3, 0.4) is 0 Å². The molecule has 0 radical (unpaired) electrons. The van der Waals surface area contributed by atoms with E-state index in [2.05, 4.69) is 21.0 Å². The smallest absolute Gasteiger partial charge is 0.203 e. The Morgan fingerprint density at radius 2 is 2.17 bits per heavy atom. The van der Waals surface area contributed by atoms with E-state index in [1.165, 1.54) is 5.69 Å². The Morgan fingerprint density at radius 3 is 3.10 bits per heavy atom. The number of hydrogen-bond acceptors (Lipinski definition) is 7. The number of rotatable bonds is 4. The highest BCUT2D eigenvalue weighted by atomic mass is 16.6. The molecule has 1 aromatic heterocycles. The molecule has 0 bridgehead atoms. The van der Waals surface area contributed by atoms with E-state index in [4.69, 9.17) is 19.3 Å². The zero-order valence-electron chi connectivity index (χ0n) is 16.5. The molecule has 3 aliphatic rings. The minimum Gasteiger partial charge on any atom is -0.486 e. The summed E-state index contributed by atoms with van der Waals surface area (Å²) in [5, 5.41) is 18.9. The van der Waals surface area contributed by atoms with Gasteiger partial charge in [-0.15, -0.1) is 0 Å². The highest BCUT2D eigenvalue weighted by Crippen LogP contribution is 2.40. The lowest BCUT2D eigenvalue weighted by Crippen LogP contribution is -2.48. The first-order chi connectivity index (χ1) is 14.3. The first-order valence-electron chi connectivity index (χ1n) is 10.5. The van der Waals surface area contributed by atoms with Crippen LogP contribution in [0.5, 0.6) is 17.2 Å². The number of nitrogens with one attached hydrogen (secondary N) is 1. The van der Waals surface area contributed by atoms with Gasteiger partial charge in [0, 0.05) is 32.7 Å². The van der Waals surface area contributed by atoms with Gasteiger partial charge >= 0.3 is 0 Å². The highest BCUT2D eigenvalue weighted by Gasteiger charge is 2.31. The molecule has 8 heteroatoms. The van der Waals surface area contributed by atoms with E-state index < -0.39 is 6.10 Å². The Hall–Kier alpha value is -2.29. The zero-order chi connectivity index (χ0) is 19.6. The van der Waals surface area contributed by atoms with E-state index in [1.807, 2.05) is 18.2 Å². The lowest BCUT2D eigenvalue weighted by Gasteiger charge is -2.36. The summed E-state index contributed by atoms with van der Waals surface area (Å²) in [6.45, 7) is 6.12. The summed E-state index contributed by atoms with van der Waals surface area (Å²) in [5.41, 5.74) is 2.31. The zero-order valence-corrected chi connectivity index (χ0v) is 16.5. The summed E-state index contributed by atoms with van der Waals surface area (Å²) in [6, 6.07) is 7.82. The molecule has 1 saturated heterocycles. The van der Waals surface area contributed by atoms with Crippen LogP contribution in [0.2, 0.25) is 0 Å². The molecule has 1 aromatic carbocycles. The van der Waals surface area contributed by atoms with Gasteiger partial charge in [-0.2, -0.15) is 5.10 Å². The Balaban J connectivity index is 1.20. The molecule has 3 aliphatic heterocycles. The molecular formula is C21H28N4O4. The topological polar surface area (TPSA) is 81.0 Å². The molecular weight excluding hydrogens is 372 g/mol. The number of nitrogens with zero attached hydrogens (tertiary/aromatic N) is 3. The minimum absolute atomic E-state index is 0.258. The lowest BCUT2D eigenvalue weighted by atomic mass is 10.0. The summed E-state index contributed by atoms with van der Waals surface area (Å²) in [7, 11) is 0. The van der Waals surface area contributed by atoms with E-state index in [0.717, 1.165) is 51.3 Å². The van der Waals surface area contributed by atoms with E-state index in [0.29, 0.717) is 37.0 Å². The fourth-order valence-corrected chi connectivity index (χ4v) is 4.29. The van der Waals surface area contributed by atoms with E-state index in [9.17, 15) is 5.11 Å². The number of fused-ring (bicyclic) bond motifs is 2. The van der Waals surface area contributed by atoms with Crippen LogP contribution in [0, 0.1) is 0 Å². The molecule has 5 rings (SSSR count). The van der Waals surface area contributed by atoms with E-state index in [1.54, 1.807) is 0 Å². The number of benzene rings is 1. The number of aliphatic hydroxyl groups is 1. The summed E-state index contributed by atoms with van der Waals surface area (Å²) in [4.78, 5) is 2.25. The van der Waals surface area contributed by atoms with Crippen LogP contribution in [0.25, 0.3) is 0 Å². The van der Waals surface area contributed by atoms with Crippen molar-refractivity contribution in [3.8, 4) is 17.2 Å². The van der Waals surface area contributed by atoms with Gasteiger partial charge in [-0.05, 0) is 37.6 Å². The van der Waals surface area contributed by atoms with Crippen LogP contribution in [0.15, 0.2) is 24.3 Å². The van der Waals surface area contributed by atoms with Crippen molar-refractivity contribution in [2.45, 2.75) is 44.7 Å². The van der Waals surface area contributed by atoms with Gasteiger partial charge in [-0.3, -0.25) is 9.58 Å². The van der Waals surface area contributed by atoms with Crippen LogP contribution in [-0.2, 0) is 19.6 Å². The van der Waals surface area contributed by atoms with Crippen LogP contribution in [0.4, 0.5) is 0 Å². The van der Waals surface area contributed by atoms with Crippen molar-refractivity contribution in [1.82, 2.24) is 20.0 Å². The molecule has 1 fully saturated rings. The molecule has 4 heterocycles. The maximum Gasteiger partial charge on any atom is 0.203 e. The van der Waals surface area contributed by atoms with Crippen molar-refractivity contribution >= 4 is 0 Å². The van der Waals surface area contributed by atoms with Gasteiger partial charge in [0.1, 0.15) is 25.4 Å². The highest BCUT2D eigenvalue weighted by molar-refractivity contribution is 5.51. The van der Waals surface area contributed by atoms with Crippen LogP contribution >= 0.6 is 0 Å². The fraction of sp³-hybridized carbons (Fsp3) is 0.571. The normalized spacial score (nSPS) is 24.6. The monoisotopic (exact) mass is 400 g/mol. The number of piperidine rings is 1. The van der Waals surface area contributed by atoms with Gasteiger partial charge in [-0.25, -0.2) is 0 Å². The van der Waals surface area contributed by atoms with Crippen molar-refractivity contribution in [2.24, 2.45) is 0 Å². The second-order valence-corrected chi connectivity index (χ2v) is 7.91. The molecule has 156 valence electrons. The quantitative estimate of drug-likeness (QED) is 0.797. The second kappa shape index (κ2) is 8.22. The summed E-state index contributed by atoms with van der Waals surface area (Å²) >= 11 is 0. The van der Waals surface area contributed by atoms with Crippen molar-refractivity contribution < 1.29 is 19.3 Å². The minimum atomic E-state index is -0.564. The average molecular weight is 400 g/mol. The van der Waals surface area contributed by atoms with Crippen molar-refractivity contribution in [3.63, 3.8) is 0 Å². The number of likely N-dealkylation sites (tertiary alicyclic amines) is 1. The summed E-state index contributed by atoms with van der Waals surface area (Å²) in [5.74, 6) is 1.99. The number of aromatic nitrogens is 2. The van der Waals surface area contributed by atoms with Gasteiger partial charge in [0.25, 0.3) is 0 Å². The Kier molecular flexibility index (Phi) is 5.30. The summed E-state index contributed by atoms with van der Waals surface area (Å²) < 4.78 is 19.6. The van der Waals surface area contributed by atoms with Gasteiger partial charge in [0.05, 0.1) is 11.4 Å². The van der Waals surface area contributed by atoms with E-state index in [-0.39, 0.29) is 6.10 Å². The predicted molar refractivity (Wildman–Crippen MR) is 106 cm³/mol. The molecule has 2 N–H and O–H groups in total. The van der Waals surface area contributed by atoms with Crippen LogP contribution < -0.4 is 19.5 Å². The van der Waals surface area contributed by atoms with Gasteiger partial charge in [-0.1, -0.05) is 6.07 Å². The van der Waals surface area contributed by atoms with Crippen LogP contribution in [-0.4, -0.2) is 64.8 Å². The van der Waals surface area contributed by atoms with Gasteiger partial charge in [0.2, 0.25) is 5.75 Å². The molecule has 29 heavy (non-hydrogen) atoms. The molecule has 0 saturated carbocycles. The fourth-order valence-electron chi connectivity index (χ4n) is 4.29. The number of para-hydroxylation sites is 1. The maximum absolute atomic E-state index is 10.7. The van der Waals surface area contributed by atoms with Crippen LogP contribution in [0.1, 0.15) is 24.2 Å². The standard InChI is InChI=1S/C21H28N4O4/c26-17-14-24(13-15-11-16-12-22-6-2-7-25(16)23-15)8-5-18(17)29-20-4-1-3-19-21(20)28-10-9-27-19/h1,3-4,11,17-18,22,26H,2,5-10,12-14H2/t17-,18-/m1/s1. The molecule has 2 atom stereocenters. The SMILES string of the molecule is O[C@@H]1CN(Cc2cc3n(n2)CCCNC3)CC[C@H]1Oc1cccc2c1OCCO2. The maximum atomic E-state index is 10.7. The Labute approximate surface area is 170 Å². The molecule has 0 aliphatic carbocycles. The number of β-amino-alcohol motifs (C(OH)–C–C–N with tert-alkyl or cyclic N) is 1. The summed E-state index contributed by atoms with van der Waals surface area (Å²) in [6.07, 6.45) is 1.03. The molecule has 0 spiro atoms. The van der Waals surface area contributed by atoms with E-state index >= 15 is 0 Å². The van der Waals surface area contributed by atoms with Gasteiger partial charge in [0.15, 0.2) is 11.5 Å². The number of aliphatic hydroxyl groups excluding tert-OH is 1. The first-order valence-corrected chi connectivity index (χ1v) is 10.5. The predicted octanol–water partition coefficient (Wildman–Crippen LogP) is 1.16. The largest absolute Gasteiger partial charge is 0.486 e. The lowest BCUT2D eigenvalue weighted by molar-refractivity contribution is -0.0293. The third-order valence-electron chi connectivity index (χ3n) is 5.74. The first kappa shape index (κ1) is 18.7. The third kappa shape index (κ3) is 4.05. The number of aryl methyl sites for hydroxylation is 1. The number of hydrogen-bond donors (Lipinski definition) is 2. The Morgan fingerprint density at radius 1 is 1.24 bits per heavy atom. The molecule has 0 unspecified atom stereocenters. The molecule has 0 amide bonds. The van der Waals surface area contributed by atoms with Crippen molar-refractivity contribution in [3.05, 3.63) is 35.7 Å². The average Bonchev–Trinajstić information content (AvgIpc) is 2.98. The number of ether oxygens (including phenoxy) is 3. The Bertz CT molecular complexity index is 832. The molecule has 8 nitrogen and oxygen atoms in total. The van der Waals surface area contributed by atoms with Gasteiger partial charge < -0.3 is 24.6 Å². The second-order valence-electron chi connectivity index (χ2n) is 7.91. The van der Waals surface area contributed by atoms with Crippen molar-refractivity contribution in [2.75, 3.05) is 32.8 Å². The third-order valence-corrected chi connectivity index (χ3v) is 5.74. The molecule has 2 aromatic rings.